The highest BCUT2D eigenvalue weighted by molar-refractivity contribution is 7.92. The van der Waals surface area contributed by atoms with Crippen molar-refractivity contribution in [3.8, 4) is 5.75 Å². The molecule has 0 aliphatic rings. The van der Waals surface area contributed by atoms with E-state index in [1.54, 1.807) is 24.6 Å². The maximum atomic E-state index is 13.5. The lowest BCUT2D eigenvalue weighted by Crippen LogP contribution is -2.27. The summed E-state index contributed by atoms with van der Waals surface area (Å²) >= 11 is -1.33. The number of amides is 1. The number of methoxy groups -OCH3 is 1. The Balaban J connectivity index is 1.98. The van der Waals surface area contributed by atoms with Gasteiger partial charge < -0.3 is 19.9 Å². The van der Waals surface area contributed by atoms with Crippen molar-refractivity contribution in [2.24, 2.45) is 5.84 Å². The molecule has 0 spiro atoms. The topological polar surface area (TPSA) is 133 Å². The van der Waals surface area contributed by atoms with Crippen molar-refractivity contribution in [1.82, 2.24) is 15.1 Å². The molecule has 11 heteroatoms. The molecule has 1 unspecified atom stereocenters. The molecule has 10 nitrogen and oxygen atoms in total. The van der Waals surface area contributed by atoms with Crippen molar-refractivity contribution in [1.29, 1.82) is 0 Å². The first-order valence-electron chi connectivity index (χ1n) is 13.4. The zero-order valence-electron chi connectivity index (χ0n) is 25.7. The third kappa shape index (κ3) is 7.35. The molecule has 0 saturated heterocycles. The number of nitrogens with two attached hydrogens (primary N) is 1. The number of aromatic nitrogens is 2. The molecule has 3 rings (SSSR count). The molecule has 1 aromatic heterocycles. The van der Waals surface area contributed by atoms with Crippen molar-refractivity contribution >= 4 is 40.0 Å². The van der Waals surface area contributed by atoms with Gasteiger partial charge in [0.2, 0.25) is 0 Å². The summed E-state index contributed by atoms with van der Waals surface area (Å²) < 4.78 is 22.5. The van der Waals surface area contributed by atoms with Crippen molar-refractivity contribution in [3.05, 3.63) is 70.7 Å². The summed E-state index contributed by atoms with van der Waals surface area (Å²) in [5.41, 5.74) is 6.46. The predicted molar refractivity (Wildman–Crippen MR) is 170 cm³/mol. The molecule has 0 fully saturated rings. The fourth-order valence-corrected chi connectivity index (χ4v) is 4.98. The number of benzene rings is 2. The summed E-state index contributed by atoms with van der Waals surface area (Å²) in [6, 6.07) is 9.36. The van der Waals surface area contributed by atoms with Crippen LogP contribution in [0.25, 0.3) is 5.70 Å². The molecule has 1 atom stereocenters. The van der Waals surface area contributed by atoms with Gasteiger partial charge in [-0.25, -0.2) is 10.6 Å². The second kappa shape index (κ2) is 12.9. The summed E-state index contributed by atoms with van der Waals surface area (Å²) in [6.45, 7) is 14.3. The van der Waals surface area contributed by atoms with Gasteiger partial charge >= 0.3 is 0 Å². The van der Waals surface area contributed by atoms with Crippen molar-refractivity contribution < 1.29 is 14.1 Å². The standard InChI is InChI=1S/C30H43N7O3S/c1-18(2)37-20(4)23(16-33-37)26(32-8)17-36(31)27-13-21(12-11-19(27)3)29(38)34-24-14-22(30(5,6)7)15-25(28(24)40-9)35-41(10)39/h11-18,32,35H,31H2,1-10H3,(H,34,38)/b26-17-. The molecule has 0 aliphatic heterocycles. The van der Waals surface area contributed by atoms with Gasteiger partial charge in [-0.3, -0.25) is 14.5 Å². The third-order valence-corrected chi connectivity index (χ3v) is 7.28. The number of carbonyl (C=O) groups excluding carboxylic acids is 1. The van der Waals surface area contributed by atoms with E-state index in [0.29, 0.717) is 28.4 Å². The molecule has 0 aliphatic carbocycles. The Hall–Kier alpha value is -3.67. The van der Waals surface area contributed by atoms with E-state index in [1.165, 1.54) is 12.1 Å². The Morgan fingerprint density at radius 2 is 1.85 bits per heavy atom. The van der Waals surface area contributed by atoms with E-state index in [1.807, 2.05) is 50.0 Å². The van der Waals surface area contributed by atoms with Gasteiger partial charge in [0.25, 0.3) is 5.91 Å². The second-order valence-electron chi connectivity index (χ2n) is 11.2. The summed E-state index contributed by atoms with van der Waals surface area (Å²) in [5.74, 6) is 6.59. The van der Waals surface area contributed by atoms with Gasteiger partial charge in [-0.1, -0.05) is 26.8 Å². The average Bonchev–Trinajstić information content (AvgIpc) is 3.27. The van der Waals surface area contributed by atoms with Crippen LogP contribution in [0.2, 0.25) is 0 Å². The first kappa shape index (κ1) is 31.9. The quantitative estimate of drug-likeness (QED) is 0.145. The largest absolute Gasteiger partial charge is 0.593 e. The average molecular weight is 582 g/mol. The highest BCUT2D eigenvalue weighted by Gasteiger charge is 2.23. The van der Waals surface area contributed by atoms with Crippen LogP contribution in [0.3, 0.4) is 0 Å². The van der Waals surface area contributed by atoms with Gasteiger partial charge in [-0.05, 0) is 68.5 Å². The summed E-state index contributed by atoms with van der Waals surface area (Å²) in [7, 11) is 3.35. The van der Waals surface area contributed by atoms with Crippen LogP contribution >= 0.6 is 0 Å². The van der Waals surface area contributed by atoms with E-state index >= 15 is 0 Å². The Morgan fingerprint density at radius 1 is 1.20 bits per heavy atom. The van der Waals surface area contributed by atoms with Gasteiger partial charge in [0.15, 0.2) is 5.75 Å². The summed E-state index contributed by atoms with van der Waals surface area (Å²) in [5, 5.41) is 12.2. The van der Waals surface area contributed by atoms with Gasteiger partial charge in [-0.2, -0.15) is 5.10 Å². The van der Waals surface area contributed by atoms with Gasteiger partial charge in [0, 0.05) is 36.1 Å². The molecule has 1 amide bonds. The van der Waals surface area contributed by atoms with Gasteiger partial charge in [0.05, 0.1) is 41.7 Å². The zero-order chi connectivity index (χ0) is 30.6. The van der Waals surface area contributed by atoms with Gasteiger partial charge in [-0.15, -0.1) is 0 Å². The summed E-state index contributed by atoms with van der Waals surface area (Å²) in [6.07, 6.45) is 5.15. The molecule has 3 aromatic rings. The fraction of sp³-hybridized carbons (Fsp3) is 0.400. The maximum Gasteiger partial charge on any atom is 0.255 e. The predicted octanol–water partition coefficient (Wildman–Crippen LogP) is 5.24. The minimum absolute atomic E-state index is 0.226. The molecule has 0 bridgehead atoms. The Morgan fingerprint density at radius 3 is 2.39 bits per heavy atom. The van der Waals surface area contributed by atoms with Crippen molar-refractivity contribution in [3.63, 3.8) is 0 Å². The zero-order valence-corrected chi connectivity index (χ0v) is 26.5. The second-order valence-corrected chi connectivity index (χ2v) is 12.4. The van der Waals surface area contributed by atoms with Crippen LogP contribution in [0.4, 0.5) is 17.1 Å². The lowest BCUT2D eigenvalue weighted by atomic mass is 9.86. The van der Waals surface area contributed by atoms with E-state index in [0.717, 1.165) is 28.1 Å². The number of carbonyl (C=O) groups is 1. The Labute approximate surface area is 246 Å². The number of nitrogens with one attached hydrogen (secondary N) is 3. The first-order valence-corrected chi connectivity index (χ1v) is 15.0. The van der Waals surface area contributed by atoms with Crippen LogP contribution in [0.15, 0.2) is 42.7 Å². The van der Waals surface area contributed by atoms with Crippen LogP contribution in [0.5, 0.6) is 5.75 Å². The number of anilines is 3. The molecule has 5 N–H and O–H groups in total. The molecule has 2 aromatic carbocycles. The third-order valence-electron chi connectivity index (χ3n) is 6.77. The van der Waals surface area contributed by atoms with E-state index in [9.17, 15) is 9.35 Å². The lowest BCUT2D eigenvalue weighted by molar-refractivity contribution is 0.102. The van der Waals surface area contributed by atoms with Crippen LogP contribution in [-0.2, 0) is 16.8 Å². The van der Waals surface area contributed by atoms with E-state index in [-0.39, 0.29) is 17.4 Å². The molecular formula is C30H43N7O3S. The maximum absolute atomic E-state index is 13.5. The highest BCUT2D eigenvalue weighted by atomic mass is 32.2. The number of rotatable bonds is 10. The number of hydrazine groups is 1. The lowest BCUT2D eigenvalue weighted by Gasteiger charge is -2.24. The van der Waals surface area contributed by atoms with Crippen LogP contribution in [0.1, 0.15) is 73.4 Å². The van der Waals surface area contributed by atoms with Gasteiger partial charge in [0.1, 0.15) is 11.9 Å². The molecule has 1 heterocycles. The van der Waals surface area contributed by atoms with Crippen LogP contribution in [-0.4, -0.2) is 40.7 Å². The molecule has 0 radical (unpaired) electrons. The van der Waals surface area contributed by atoms with Crippen molar-refractivity contribution in [2.75, 3.05) is 35.5 Å². The Bertz CT molecular complexity index is 1420. The number of ether oxygens (including phenoxy) is 1. The minimum atomic E-state index is -1.33. The highest BCUT2D eigenvalue weighted by Crippen LogP contribution is 2.39. The van der Waals surface area contributed by atoms with Crippen molar-refractivity contribution in [2.45, 2.75) is 59.9 Å². The van der Waals surface area contributed by atoms with E-state index in [2.05, 4.69) is 55.1 Å². The molecule has 41 heavy (non-hydrogen) atoms. The monoisotopic (exact) mass is 581 g/mol. The van der Waals surface area contributed by atoms with Crippen LogP contribution < -0.4 is 30.9 Å². The SMILES string of the molecule is CN/C(=C\N(N)c1cc(C(=O)Nc2cc(C(C)(C)C)cc(N[S+](C)[O-])c2OC)ccc1C)c1cnn(C(C)C)c1C. The number of nitrogens with zero attached hydrogens (tertiary/aromatic N) is 3. The normalized spacial score (nSPS) is 12.8. The molecular weight excluding hydrogens is 538 g/mol. The molecule has 222 valence electrons. The minimum Gasteiger partial charge on any atom is -0.593 e. The summed E-state index contributed by atoms with van der Waals surface area (Å²) in [4.78, 5) is 13.5. The smallest absolute Gasteiger partial charge is 0.255 e. The number of aryl methyl sites for hydroxylation is 1. The van der Waals surface area contributed by atoms with E-state index < -0.39 is 11.4 Å². The first-order chi connectivity index (χ1) is 19.2. The fourth-order valence-electron chi connectivity index (χ4n) is 4.51. The van der Waals surface area contributed by atoms with Crippen LogP contribution in [0, 0.1) is 13.8 Å². The molecule has 0 saturated carbocycles. The van der Waals surface area contributed by atoms with E-state index in [4.69, 9.17) is 10.6 Å². The number of hydrogen-bond acceptors (Lipinski definition) is 8. The Kier molecular flexibility index (Phi) is 10.0. The number of hydrogen-bond donors (Lipinski definition) is 4.